The topological polar surface area (TPSA) is 109 Å². The van der Waals surface area contributed by atoms with Gasteiger partial charge in [0.25, 0.3) is 0 Å². The molecule has 0 amide bonds. The van der Waals surface area contributed by atoms with Crippen LogP contribution in [0.5, 0.6) is 11.5 Å². The number of carbonyl (C=O) groups is 2. The molecule has 0 aliphatic heterocycles. The van der Waals surface area contributed by atoms with E-state index < -0.39 is 11.9 Å². The number of aliphatic carboxylic acids is 2. The molecule has 2 rings (SSSR count). The van der Waals surface area contributed by atoms with Gasteiger partial charge in [-0.25, -0.2) is 9.59 Å². The first-order valence-corrected chi connectivity index (χ1v) is 8.13. The van der Waals surface area contributed by atoms with Crippen molar-refractivity contribution in [2.24, 2.45) is 0 Å². The number of carboxylic acids is 2. The Hall–Kier alpha value is -3.13. The molecule has 1 aromatic carbocycles. The van der Waals surface area contributed by atoms with E-state index in [0.717, 1.165) is 42.3 Å². The number of likely N-dealkylation sites (N-methyl/N-ethyl adjacent to an activating group) is 1. The van der Waals surface area contributed by atoms with Crippen molar-refractivity contribution in [3.63, 3.8) is 0 Å². The van der Waals surface area contributed by atoms with Crippen LogP contribution in [0.2, 0.25) is 0 Å². The molecule has 0 saturated heterocycles. The quantitative estimate of drug-likeness (QED) is 0.706. The minimum atomic E-state index is -1.82. The number of carboxylic acid groups (broad SMARTS) is 2. The SMILES string of the molecule is COc1ccc(OC)c(CN(C)CCc2ccccn2)c1.O=C(O)C(=O)O. The number of hydrogen-bond donors (Lipinski definition) is 2. The second kappa shape index (κ2) is 11.5. The summed E-state index contributed by atoms with van der Waals surface area (Å²) in [5.74, 6) is -1.91. The highest BCUT2D eigenvalue weighted by atomic mass is 16.5. The van der Waals surface area contributed by atoms with Gasteiger partial charge >= 0.3 is 11.9 Å². The fourth-order valence-corrected chi connectivity index (χ4v) is 2.23. The predicted molar refractivity (Wildman–Crippen MR) is 99.1 cm³/mol. The smallest absolute Gasteiger partial charge is 0.414 e. The Balaban J connectivity index is 0.000000527. The first-order chi connectivity index (χ1) is 12.9. The average molecular weight is 376 g/mol. The maximum absolute atomic E-state index is 9.10. The van der Waals surface area contributed by atoms with Gasteiger partial charge < -0.3 is 24.6 Å². The number of pyridine rings is 1. The molecule has 0 saturated carbocycles. The number of aromatic nitrogens is 1. The third kappa shape index (κ3) is 8.19. The Morgan fingerprint density at radius 2 is 1.78 bits per heavy atom. The summed E-state index contributed by atoms with van der Waals surface area (Å²) in [6.07, 6.45) is 2.77. The second-order valence-electron chi connectivity index (χ2n) is 5.60. The number of ether oxygens (including phenoxy) is 2. The zero-order valence-corrected chi connectivity index (χ0v) is 15.6. The van der Waals surface area contributed by atoms with E-state index in [1.807, 2.05) is 36.5 Å². The van der Waals surface area contributed by atoms with Crippen LogP contribution in [-0.4, -0.2) is 59.8 Å². The molecule has 0 radical (unpaired) electrons. The molecule has 0 fully saturated rings. The lowest BCUT2D eigenvalue weighted by atomic mass is 10.1. The molecular weight excluding hydrogens is 352 g/mol. The lowest BCUT2D eigenvalue weighted by molar-refractivity contribution is -0.159. The van der Waals surface area contributed by atoms with Gasteiger partial charge in [0.15, 0.2) is 0 Å². The molecule has 27 heavy (non-hydrogen) atoms. The third-order valence-corrected chi connectivity index (χ3v) is 3.59. The summed E-state index contributed by atoms with van der Waals surface area (Å²) < 4.78 is 10.7. The third-order valence-electron chi connectivity index (χ3n) is 3.59. The largest absolute Gasteiger partial charge is 0.497 e. The standard InChI is InChI=1S/C17H22N2O2.C2H2O4/c1-19(11-9-15-6-4-5-10-18-15)13-14-12-16(20-2)7-8-17(14)21-3;3-1(4)2(5)6/h4-8,10,12H,9,11,13H2,1-3H3;(H,3,4)(H,5,6). The van der Waals surface area contributed by atoms with Crippen LogP contribution in [0.15, 0.2) is 42.6 Å². The molecule has 0 atom stereocenters. The highest BCUT2D eigenvalue weighted by Crippen LogP contribution is 2.24. The van der Waals surface area contributed by atoms with Crippen molar-refractivity contribution < 1.29 is 29.3 Å². The molecule has 1 aromatic heterocycles. The highest BCUT2D eigenvalue weighted by molar-refractivity contribution is 6.27. The fourth-order valence-electron chi connectivity index (χ4n) is 2.23. The van der Waals surface area contributed by atoms with Crippen LogP contribution >= 0.6 is 0 Å². The van der Waals surface area contributed by atoms with Gasteiger partial charge in [-0.05, 0) is 37.4 Å². The van der Waals surface area contributed by atoms with Crippen LogP contribution in [0.4, 0.5) is 0 Å². The maximum Gasteiger partial charge on any atom is 0.414 e. The molecule has 146 valence electrons. The van der Waals surface area contributed by atoms with Gasteiger partial charge in [0.2, 0.25) is 0 Å². The van der Waals surface area contributed by atoms with Crippen LogP contribution < -0.4 is 9.47 Å². The summed E-state index contributed by atoms with van der Waals surface area (Å²) in [6, 6.07) is 11.9. The predicted octanol–water partition coefficient (Wildman–Crippen LogP) is 1.93. The first-order valence-electron chi connectivity index (χ1n) is 8.13. The summed E-state index contributed by atoms with van der Waals surface area (Å²) in [5.41, 5.74) is 2.24. The van der Waals surface area contributed by atoms with Crippen LogP contribution in [0.25, 0.3) is 0 Å². The lowest BCUT2D eigenvalue weighted by Gasteiger charge is -2.18. The fraction of sp³-hybridized carbons (Fsp3) is 0.316. The molecular formula is C19H24N2O6. The van der Waals surface area contributed by atoms with Gasteiger partial charge in [0.05, 0.1) is 14.2 Å². The maximum atomic E-state index is 9.10. The van der Waals surface area contributed by atoms with Gasteiger partial charge in [0, 0.05) is 37.0 Å². The molecule has 0 aliphatic carbocycles. The highest BCUT2D eigenvalue weighted by Gasteiger charge is 2.08. The molecule has 8 heteroatoms. The van der Waals surface area contributed by atoms with Gasteiger partial charge in [0.1, 0.15) is 11.5 Å². The Bertz CT molecular complexity index is 724. The molecule has 2 aromatic rings. The van der Waals surface area contributed by atoms with E-state index >= 15 is 0 Å². The Kier molecular flexibility index (Phi) is 9.32. The van der Waals surface area contributed by atoms with E-state index in [1.165, 1.54) is 0 Å². The van der Waals surface area contributed by atoms with Crippen molar-refractivity contribution in [1.29, 1.82) is 0 Å². The summed E-state index contributed by atoms with van der Waals surface area (Å²) in [6.45, 7) is 1.75. The molecule has 0 spiro atoms. The number of benzene rings is 1. The monoisotopic (exact) mass is 376 g/mol. The molecule has 0 aliphatic rings. The van der Waals surface area contributed by atoms with E-state index in [2.05, 4.69) is 23.0 Å². The summed E-state index contributed by atoms with van der Waals surface area (Å²) in [4.78, 5) is 24.8. The Labute approximate surface area is 158 Å². The van der Waals surface area contributed by atoms with Crippen molar-refractivity contribution in [2.45, 2.75) is 13.0 Å². The van der Waals surface area contributed by atoms with Gasteiger partial charge in [-0.3, -0.25) is 4.98 Å². The normalized spacial score (nSPS) is 9.93. The zero-order valence-electron chi connectivity index (χ0n) is 15.6. The summed E-state index contributed by atoms with van der Waals surface area (Å²) >= 11 is 0. The molecule has 8 nitrogen and oxygen atoms in total. The van der Waals surface area contributed by atoms with E-state index in [1.54, 1.807) is 14.2 Å². The van der Waals surface area contributed by atoms with Crippen molar-refractivity contribution in [2.75, 3.05) is 27.8 Å². The minimum Gasteiger partial charge on any atom is -0.497 e. The summed E-state index contributed by atoms with van der Waals surface area (Å²) in [7, 11) is 5.47. The summed E-state index contributed by atoms with van der Waals surface area (Å²) in [5, 5.41) is 14.8. The van der Waals surface area contributed by atoms with E-state index in [-0.39, 0.29) is 0 Å². The van der Waals surface area contributed by atoms with Crippen LogP contribution in [0.1, 0.15) is 11.3 Å². The molecule has 0 unspecified atom stereocenters. The first kappa shape index (κ1) is 21.9. The van der Waals surface area contributed by atoms with E-state index in [9.17, 15) is 0 Å². The van der Waals surface area contributed by atoms with Crippen molar-refractivity contribution in [3.05, 3.63) is 53.9 Å². The second-order valence-corrected chi connectivity index (χ2v) is 5.60. The molecule has 2 N–H and O–H groups in total. The molecule has 0 bridgehead atoms. The van der Waals surface area contributed by atoms with Crippen molar-refractivity contribution in [3.8, 4) is 11.5 Å². The lowest BCUT2D eigenvalue weighted by Crippen LogP contribution is -2.21. The Morgan fingerprint density at radius 3 is 2.30 bits per heavy atom. The number of hydrogen-bond acceptors (Lipinski definition) is 6. The molecule has 1 heterocycles. The number of nitrogens with zero attached hydrogens (tertiary/aromatic N) is 2. The van der Waals surface area contributed by atoms with E-state index in [4.69, 9.17) is 29.3 Å². The average Bonchev–Trinajstić information content (AvgIpc) is 2.67. The van der Waals surface area contributed by atoms with Gasteiger partial charge in [-0.15, -0.1) is 0 Å². The number of methoxy groups -OCH3 is 2. The zero-order chi connectivity index (χ0) is 20.2. The van der Waals surface area contributed by atoms with Crippen LogP contribution in [-0.2, 0) is 22.6 Å². The van der Waals surface area contributed by atoms with Crippen LogP contribution in [0.3, 0.4) is 0 Å². The Morgan fingerprint density at radius 1 is 1.07 bits per heavy atom. The van der Waals surface area contributed by atoms with Gasteiger partial charge in [-0.2, -0.15) is 0 Å². The van der Waals surface area contributed by atoms with Crippen molar-refractivity contribution >= 4 is 11.9 Å². The van der Waals surface area contributed by atoms with E-state index in [0.29, 0.717) is 0 Å². The number of rotatable bonds is 7. The van der Waals surface area contributed by atoms with Gasteiger partial charge in [-0.1, -0.05) is 6.07 Å². The van der Waals surface area contributed by atoms with Crippen LogP contribution in [0, 0.1) is 0 Å². The van der Waals surface area contributed by atoms with Crippen molar-refractivity contribution in [1.82, 2.24) is 9.88 Å². The minimum absolute atomic E-state index is 0.813.